The Morgan fingerprint density at radius 2 is 2.06 bits per heavy atom. The lowest BCUT2D eigenvalue weighted by Gasteiger charge is -2.11. The van der Waals surface area contributed by atoms with Crippen molar-refractivity contribution in [1.82, 2.24) is 5.32 Å². The zero-order valence-corrected chi connectivity index (χ0v) is 10.5. The lowest BCUT2D eigenvalue weighted by atomic mass is 10.1. The van der Waals surface area contributed by atoms with Crippen LogP contribution in [0.5, 0.6) is 0 Å². The Labute approximate surface area is 102 Å². The minimum absolute atomic E-state index is 0.378. The predicted octanol–water partition coefficient (Wildman–Crippen LogP) is 3.64. The smallest absolute Gasteiger partial charge is 0.134 e. The Morgan fingerprint density at radius 3 is 2.76 bits per heavy atom. The fourth-order valence-electron chi connectivity index (χ4n) is 2.29. The molecule has 1 aromatic carbocycles. The van der Waals surface area contributed by atoms with Crippen LogP contribution in [0.1, 0.15) is 38.0 Å². The molecule has 0 radical (unpaired) electrons. The fourth-order valence-corrected chi connectivity index (χ4v) is 2.29. The molecule has 1 N–H and O–H groups in total. The highest BCUT2D eigenvalue weighted by Crippen LogP contribution is 2.35. The molecule has 1 aliphatic carbocycles. The Morgan fingerprint density at radius 1 is 1.29 bits per heavy atom. The molecule has 0 saturated heterocycles. The van der Waals surface area contributed by atoms with Crippen molar-refractivity contribution in [2.75, 3.05) is 0 Å². The van der Waals surface area contributed by atoms with Gasteiger partial charge < -0.3 is 9.73 Å². The van der Waals surface area contributed by atoms with Gasteiger partial charge in [0.05, 0.1) is 0 Å². The zero-order valence-electron chi connectivity index (χ0n) is 10.5. The second-order valence-electron chi connectivity index (χ2n) is 5.27. The first kappa shape index (κ1) is 10.8. The fraction of sp³-hybridized carbons (Fsp3) is 0.467. The van der Waals surface area contributed by atoms with Crippen molar-refractivity contribution < 1.29 is 4.42 Å². The van der Waals surface area contributed by atoms with Gasteiger partial charge in [-0.15, -0.1) is 0 Å². The summed E-state index contributed by atoms with van der Waals surface area (Å²) in [7, 11) is 0. The lowest BCUT2D eigenvalue weighted by Crippen LogP contribution is -2.27. The molecule has 1 aromatic heterocycles. The number of para-hydroxylation sites is 1. The normalized spacial score (nSPS) is 17.5. The highest BCUT2D eigenvalue weighted by Gasteiger charge is 2.36. The van der Waals surface area contributed by atoms with Crippen LogP contribution in [0.15, 0.2) is 28.7 Å². The summed E-state index contributed by atoms with van der Waals surface area (Å²) in [4.78, 5) is 0. The molecular weight excluding hydrogens is 210 g/mol. The van der Waals surface area contributed by atoms with Crippen LogP contribution in [-0.2, 0) is 13.0 Å². The van der Waals surface area contributed by atoms with Gasteiger partial charge in [0.15, 0.2) is 0 Å². The summed E-state index contributed by atoms with van der Waals surface area (Å²) >= 11 is 0. The van der Waals surface area contributed by atoms with Crippen molar-refractivity contribution in [2.24, 2.45) is 0 Å². The van der Waals surface area contributed by atoms with Crippen molar-refractivity contribution >= 4 is 11.0 Å². The molecule has 0 spiro atoms. The minimum Gasteiger partial charge on any atom is -0.461 e. The molecule has 0 aliphatic heterocycles. The molecule has 1 saturated carbocycles. The van der Waals surface area contributed by atoms with E-state index in [1.807, 2.05) is 6.07 Å². The summed E-state index contributed by atoms with van der Waals surface area (Å²) in [6, 6.07) is 8.32. The summed E-state index contributed by atoms with van der Waals surface area (Å²) in [5.74, 6) is 1.13. The van der Waals surface area contributed by atoms with Crippen LogP contribution in [0.3, 0.4) is 0 Å². The summed E-state index contributed by atoms with van der Waals surface area (Å²) in [6.07, 6.45) is 3.55. The first-order valence-corrected chi connectivity index (χ1v) is 6.46. The maximum absolute atomic E-state index is 5.89. The van der Waals surface area contributed by atoms with E-state index in [4.69, 9.17) is 4.42 Å². The number of hydrogen-bond donors (Lipinski definition) is 1. The molecule has 0 atom stereocenters. The zero-order chi connectivity index (χ0) is 11.9. The monoisotopic (exact) mass is 229 g/mol. The van der Waals surface area contributed by atoms with E-state index >= 15 is 0 Å². The molecule has 1 aliphatic rings. The molecule has 17 heavy (non-hydrogen) atoms. The number of benzene rings is 1. The largest absolute Gasteiger partial charge is 0.461 e. The molecular formula is C15H19NO. The first-order valence-electron chi connectivity index (χ1n) is 6.46. The minimum atomic E-state index is 0.378. The van der Waals surface area contributed by atoms with Gasteiger partial charge in [0, 0.05) is 29.5 Å². The third kappa shape index (κ3) is 1.98. The molecule has 2 aromatic rings. The van der Waals surface area contributed by atoms with Gasteiger partial charge in [0.1, 0.15) is 11.3 Å². The standard InChI is InChI=1S/C15H19NO/c1-3-13-12(10-16-15(2)8-9-15)11-6-4-5-7-14(11)17-13/h4-7,16H,3,8-10H2,1-2H3. The van der Waals surface area contributed by atoms with E-state index < -0.39 is 0 Å². The van der Waals surface area contributed by atoms with Crippen molar-refractivity contribution in [3.8, 4) is 0 Å². The van der Waals surface area contributed by atoms with Gasteiger partial charge in [-0.1, -0.05) is 25.1 Å². The first-order chi connectivity index (χ1) is 8.22. The second-order valence-corrected chi connectivity index (χ2v) is 5.27. The van der Waals surface area contributed by atoms with Gasteiger partial charge in [0.25, 0.3) is 0 Å². The van der Waals surface area contributed by atoms with Crippen molar-refractivity contribution in [3.63, 3.8) is 0 Å². The van der Waals surface area contributed by atoms with Crippen LogP contribution < -0.4 is 5.32 Å². The molecule has 0 amide bonds. The Balaban J connectivity index is 1.94. The average Bonchev–Trinajstić information content (AvgIpc) is 2.97. The summed E-state index contributed by atoms with van der Waals surface area (Å²) in [5.41, 5.74) is 2.74. The molecule has 0 unspecified atom stereocenters. The van der Waals surface area contributed by atoms with E-state index in [1.165, 1.54) is 23.8 Å². The Kier molecular flexibility index (Phi) is 2.48. The highest BCUT2D eigenvalue weighted by atomic mass is 16.3. The molecule has 90 valence electrons. The predicted molar refractivity (Wildman–Crippen MR) is 70.1 cm³/mol. The maximum atomic E-state index is 5.89. The van der Waals surface area contributed by atoms with Gasteiger partial charge in [-0.3, -0.25) is 0 Å². The number of fused-ring (bicyclic) bond motifs is 1. The van der Waals surface area contributed by atoms with E-state index in [9.17, 15) is 0 Å². The number of furan rings is 1. The Bertz CT molecular complexity index is 537. The number of aryl methyl sites for hydroxylation is 1. The van der Waals surface area contributed by atoms with E-state index in [1.54, 1.807) is 0 Å². The summed E-state index contributed by atoms with van der Waals surface area (Å²) in [6.45, 7) is 5.37. The molecule has 3 rings (SSSR count). The van der Waals surface area contributed by atoms with Crippen LogP contribution in [0, 0.1) is 0 Å². The Hall–Kier alpha value is -1.28. The van der Waals surface area contributed by atoms with Gasteiger partial charge in [0.2, 0.25) is 0 Å². The maximum Gasteiger partial charge on any atom is 0.134 e. The SMILES string of the molecule is CCc1oc2ccccc2c1CNC1(C)CC1. The molecule has 1 heterocycles. The molecule has 2 heteroatoms. The van der Waals surface area contributed by atoms with Crippen molar-refractivity contribution in [3.05, 3.63) is 35.6 Å². The topological polar surface area (TPSA) is 25.2 Å². The van der Waals surface area contributed by atoms with Gasteiger partial charge >= 0.3 is 0 Å². The van der Waals surface area contributed by atoms with Crippen molar-refractivity contribution in [1.29, 1.82) is 0 Å². The van der Waals surface area contributed by atoms with Gasteiger partial charge in [-0.25, -0.2) is 0 Å². The number of hydrogen-bond acceptors (Lipinski definition) is 2. The van der Waals surface area contributed by atoms with Gasteiger partial charge in [-0.2, -0.15) is 0 Å². The molecule has 0 bridgehead atoms. The third-order valence-electron chi connectivity index (χ3n) is 3.79. The van der Waals surface area contributed by atoms with E-state index in [0.29, 0.717) is 5.54 Å². The quantitative estimate of drug-likeness (QED) is 0.866. The number of nitrogens with one attached hydrogen (secondary N) is 1. The summed E-state index contributed by atoms with van der Waals surface area (Å²) in [5, 5.41) is 4.91. The van der Waals surface area contributed by atoms with Crippen LogP contribution in [0.25, 0.3) is 11.0 Å². The molecule has 1 fully saturated rings. The van der Waals surface area contributed by atoms with E-state index in [0.717, 1.165) is 24.3 Å². The molecule has 2 nitrogen and oxygen atoms in total. The average molecular weight is 229 g/mol. The highest BCUT2D eigenvalue weighted by molar-refractivity contribution is 5.82. The van der Waals surface area contributed by atoms with Crippen LogP contribution in [0.4, 0.5) is 0 Å². The second kappa shape index (κ2) is 3.88. The summed E-state index contributed by atoms with van der Waals surface area (Å²) < 4.78 is 5.89. The number of rotatable bonds is 4. The van der Waals surface area contributed by atoms with E-state index in [2.05, 4.69) is 37.4 Å². The lowest BCUT2D eigenvalue weighted by molar-refractivity contribution is 0.514. The van der Waals surface area contributed by atoms with Crippen LogP contribution in [-0.4, -0.2) is 5.54 Å². The van der Waals surface area contributed by atoms with Crippen molar-refractivity contribution in [2.45, 2.75) is 45.2 Å². The van der Waals surface area contributed by atoms with Gasteiger partial charge in [-0.05, 0) is 25.8 Å². The third-order valence-corrected chi connectivity index (χ3v) is 3.79. The van der Waals surface area contributed by atoms with Crippen LogP contribution in [0.2, 0.25) is 0 Å². The van der Waals surface area contributed by atoms with E-state index in [-0.39, 0.29) is 0 Å². The van der Waals surface area contributed by atoms with Crippen LogP contribution >= 0.6 is 0 Å².